The zero-order valence-corrected chi connectivity index (χ0v) is 15.5. The number of aryl methyl sites for hydroxylation is 1. The quantitative estimate of drug-likeness (QED) is 0.576. The fourth-order valence-electron chi connectivity index (χ4n) is 3.55. The smallest absolute Gasteiger partial charge is 0.282 e. The van der Waals surface area contributed by atoms with E-state index >= 15 is 0 Å². The van der Waals surface area contributed by atoms with Crippen LogP contribution >= 0.6 is 0 Å². The third-order valence-corrected chi connectivity index (χ3v) is 11.2. The highest BCUT2D eigenvalue weighted by Gasteiger charge is 2.34. The second kappa shape index (κ2) is 7.56. The fourth-order valence-corrected chi connectivity index (χ4v) is 9.97. The van der Waals surface area contributed by atoms with E-state index in [2.05, 4.69) is 27.7 Å². The molecule has 0 saturated heterocycles. The van der Waals surface area contributed by atoms with Crippen LogP contribution in [0, 0.1) is 6.92 Å². The van der Waals surface area contributed by atoms with Crippen molar-refractivity contribution < 1.29 is 13.0 Å². The molecule has 3 nitrogen and oxygen atoms in total. The minimum atomic E-state index is -4.12. The molecule has 0 spiro atoms. The van der Waals surface area contributed by atoms with Crippen LogP contribution in [0.1, 0.15) is 45.6 Å². The third kappa shape index (κ3) is 4.41. The Balaban J connectivity index is 3.48. The van der Waals surface area contributed by atoms with E-state index < -0.39 is 18.2 Å². The van der Waals surface area contributed by atoms with Crippen LogP contribution in [-0.4, -0.2) is 21.0 Å². The average Bonchev–Trinajstić information content (AvgIpc) is 2.38. The molecule has 0 fully saturated rings. The van der Waals surface area contributed by atoms with E-state index in [1.165, 1.54) is 34.9 Å². The SMILES string of the molecule is CCC[Si](CCC)(CCC)c1cc(S(=O)(=O)O)ccc1C. The Morgan fingerprint density at radius 3 is 1.86 bits per heavy atom. The Hall–Kier alpha value is -0.653. The van der Waals surface area contributed by atoms with Crippen molar-refractivity contribution in [3.63, 3.8) is 0 Å². The first-order valence-corrected chi connectivity index (χ1v) is 12.0. The summed E-state index contributed by atoms with van der Waals surface area (Å²) < 4.78 is 32.3. The van der Waals surface area contributed by atoms with Gasteiger partial charge in [-0.25, -0.2) is 0 Å². The maximum Gasteiger partial charge on any atom is 0.294 e. The normalized spacial score (nSPS) is 12.6. The van der Waals surface area contributed by atoms with Crippen molar-refractivity contribution in [2.24, 2.45) is 0 Å². The van der Waals surface area contributed by atoms with Crippen LogP contribution in [0.5, 0.6) is 0 Å². The molecule has 1 aromatic rings. The van der Waals surface area contributed by atoms with Crippen molar-refractivity contribution in [1.82, 2.24) is 0 Å². The predicted octanol–water partition coefficient (Wildman–Crippen LogP) is 4.13. The lowest BCUT2D eigenvalue weighted by Crippen LogP contribution is -2.48. The Morgan fingerprint density at radius 2 is 1.48 bits per heavy atom. The summed E-state index contributed by atoms with van der Waals surface area (Å²) in [6.07, 6.45) is 3.38. The van der Waals surface area contributed by atoms with Gasteiger partial charge in [-0.05, 0) is 19.1 Å². The monoisotopic (exact) mass is 328 g/mol. The summed E-state index contributed by atoms with van der Waals surface area (Å²) >= 11 is 0. The lowest BCUT2D eigenvalue weighted by molar-refractivity contribution is 0.483. The van der Waals surface area contributed by atoms with E-state index in [4.69, 9.17) is 0 Å². The van der Waals surface area contributed by atoms with Crippen molar-refractivity contribution in [1.29, 1.82) is 0 Å². The molecular formula is C16H28O3SSi. The van der Waals surface area contributed by atoms with Gasteiger partial charge in [-0.2, -0.15) is 8.42 Å². The molecule has 1 rings (SSSR count). The van der Waals surface area contributed by atoms with Gasteiger partial charge in [0.25, 0.3) is 10.1 Å². The number of hydrogen-bond acceptors (Lipinski definition) is 2. The highest BCUT2D eigenvalue weighted by atomic mass is 32.2. The average molecular weight is 329 g/mol. The standard InChI is InChI=1S/C16H28O3SSi/c1-5-10-21(11-6-2,12-7-3)16-13-15(20(17,18)19)9-8-14(16)4/h8-9,13H,5-7,10-12H2,1-4H3,(H,17,18,19). The van der Waals surface area contributed by atoms with Crippen LogP contribution in [0.2, 0.25) is 18.1 Å². The van der Waals surface area contributed by atoms with Gasteiger partial charge < -0.3 is 0 Å². The summed E-state index contributed by atoms with van der Waals surface area (Å²) in [5.74, 6) is 0. The molecule has 0 amide bonds. The molecular weight excluding hydrogens is 300 g/mol. The van der Waals surface area contributed by atoms with Gasteiger partial charge in [0.1, 0.15) is 0 Å². The molecule has 5 heteroatoms. The predicted molar refractivity (Wildman–Crippen MR) is 91.7 cm³/mol. The number of benzene rings is 1. The molecule has 0 bridgehead atoms. The molecule has 1 aromatic carbocycles. The lowest BCUT2D eigenvalue weighted by atomic mass is 10.2. The lowest BCUT2D eigenvalue weighted by Gasteiger charge is -2.33. The topological polar surface area (TPSA) is 54.4 Å². The molecule has 0 unspecified atom stereocenters. The van der Waals surface area contributed by atoms with Crippen molar-refractivity contribution in [3.05, 3.63) is 23.8 Å². The molecule has 21 heavy (non-hydrogen) atoms. The summed E-state index contributed by atoms with van der Waals surface area (Å²) in [7, 11) is -5.83. The molecule has 120 valence electrons. The van der Waals surface area contributed by atoms with Gasteiger partial charge in [-0.3, -0.25) is 4.55 Å². The van der Waals surface area contributed by atoms with Crippen molar-refractivity contribution in [2.45, 2.75) is 70.0 Å². The maximum absolute atomic E-state index is 11.5. The third-order valence-electron chi connectivity index (χ3n) is 4.26. The van der Waals surface area contributed by atoms with E-state index in [9.17, 15) is 13.0 Å². The molecule has 0 aliphatic heterocycles. The summed E-state index contributed by atoms with van der Waals surface area (Å²) in [5, 5.41) is 1.23. The number of hydrogen-bond donors (Lipinski definition) is 1. The Labute approximate surface area is 130 Å². The van der Waals surface area contributed by atoms with E-state index in [0.29, 0.717) is 0 Å². The van der Waals surface area contributed by atoms with E-state index in [-0.39, 0.29) is 4.90 Å². The molecule has 0 saturated carbocycles. The van der Waals surface area contributed by atoms with Gasteiger partial charge in [-0.15, -0.1) is 0 Å². The molecule has 1 N–H and O–H groups in total. The van der Waals surface area contributed by atoms with Gasteiger partial charge >= 0.3 is 0 Å². The van der Waals surface area contributed by atoms with Crippen LogP contribution in [0.15, 0.2) is 23.1 Å². The summed E-state index contributed by atoms with van der Waals surface area (Å²) in [4.78, 5) is 0.0447. The van der Waals surface area contributed by atoms with E-state index in [1.54, 1.807) is 6.07 Å². The van der Waals surface area contributed by atoms with Crippen molar-refractivity contribution in [3.8, 4) is 0 Å². The summed E-state index contributed by atoms with van der Waals surface area (Å²) in [6, 6.07) is 8.66. The van der Waals surface area contributed by atoms with Crippen LogP contribution in [0.3, 0.4) is 0 Å². The zero-order chi connectivity index (χ0) is 16.1. The zero-order valence-electron chi connectivity index (χ0n) is 13.6. The van der Waals surface area contributed by atoms with Gasteiger partial charge in [0.05, 0.1) is 13.0 Å². The minimum absolute atomic E-state index is 0.0447. The molecule has 0 radical (unpaired) electrons. The Morgan fingerprint density at radius 1 is 1.00 bits per heavy atom. The van der Waals surface area contributed by atoms with Gasteiger partial charge in [0, 0.05) is 0 Å². The van der Waals surface area contributed by atoms with E-state index in [0.717, 1.165) is 19.3 Å². The molecule has 0 atom stereocenters. The minimum Gasteiger partial charge on any atom is -0.282 e. The van der Waals surface area contributed by atoms with Crippen LogP contribution < -0.4 is 5.19 Å². The summed E-state index contributed by atoms with van der Waals surface area (Å²) in [6.45, 7) is 8.67. The van der Waals surface area contributed by atoms with Gasteiger partial charge in [0.15, 0.2) is 0 Å². The van der Waals surface area contributed by atoms with Crippen LogP contribution in [0.4, 0.5) is 0 Å². The first-order valence-electron chi connectivity index (χ1n) is 7.89. The maximum atomic E-state index is 11.5. The highest BCUT2D eigenvalue weighted by Crippen LogP contribution is 2.28. The number of rotatable bonds is 8. The Kier molecular flexibility index (Phi) is 6.62. The van der Waals surface area contributed by atoms with Crippen molar-refractivity contribution >= 4 is 23.4 Å². The summed E-state index contributed by atoms with van der Waals surface area (Å²) in [5.41, 5.74) is 1.17. The first kappa shape index (κ1) is 18.4. The second-order valence-electron chi connectivity index (χ2n) is 5.98. The van der Waals surface area contributed by atoms with Crippen LogP contribution in [-0.2, 0) is 10.1 Å². The van der Waals surface area contributed by atoms with Crippen molar-refractivity contribution in [2.75, 3.05) is 0 Å². The fraction of sp³-hybridized carbons (Fsp3) is 0.625. The van der Waals surface area contributed by atoms with Crippen LogP contribution in [0.25, 0.3) is 0 Å². The largest absolute Gasteiger partial charge is 0.294 e. The van der Waals surface area contributed by atoms with E-state index in [1.807, 2.05) is 6.07 Å². The molecule has 0 aliphatic carbocycles. The molecule has 0 heterocycles. The molecule has 0 aliphatic rings. The van der Waals surface area contributed by atoms with Gasteiger partial charge in [0.2, 0.25) is 0 Å². The molecule has 0 aromatic heterocycles. The highest BCUT2D eigenvalue weighted by molar-refractivity contribution is 7.85. The first-order chi connectivity index (χ1) is 9.80. The second-order valence-corrected chi connectivity index (χ2v) is 12.0. The van der Waals surface area contributed by atoms with Gasteiger partial charge in [-0.1, -0.05) is 75.0 Å². The Bertz CT molecular complexity index is 550.